The molecule has 0 aliphatic carbocycles. The number of H-pyrrole nitrogens is 1. The largest absolute Gasteiger partial charge is 0.334 e. The number of hydrogen-bond donors (Lipinski definition) is 2. The summed E-state index contributed by atoms with van der Waals surface area (Å²) in [5, 5.41) is 0.420. The summed E-state index contributed by atoms with van der Waals surface area (Å²) in [5.41, 5.74) is 6.13. The SMILES string of the molecule is CC1CCN(C(=O)c2cc(=O)[nH]c3ccc(F)cc23)C(CN)C1. The zero-order valence-corrected chi connectivity index (χ0v) is 13.0. The van der Waals surface area contributed by atoms with Crippen LogP contribution in [0.4, 0.5) is 4.39 Å². The van der Waals surface area contributed by atoms with Crippen molar-refractivity contribution < 1.29 is 9.18 Å². The second kappa shape index (κ2) is 6.12. The molecule has 5 nitrogen and oxygen atoms in total. The van der Waals surface area contributed by atoms with Gasteiger partial charge in [-0.05, 0) is 37.0 Å². The van der Waals surface area contributed by atoms with E-state index in [1.165, 1.54) is 24.3 Å². The number of hydrogen-bond acceptors (Lipinski definition) is 3. The molecule has 2 atom stereocenters. The molecule has 0 bridgehead atoms. The molecule has 122 valence electrons. The first-order valence-corrected chi connectivity index (χ1v) is 7.83. The van der Waals surface area contributed by atoms with Crippen LogP contribution in [-0.2, 0) is 0 Å². The number of piperidine rings is 1. The molecule has 1 aromatic heterocycles. The quantitative estimate of drug-likeness (QED) is 0.887. The Morgan fingerprint density at radius 3 is 2.96 bits per heavy atom. The molecule has 2 unspecified atom stereocenters. The minimum absolute atomic E-state index is 0.0471. The number of nitrogens with two attached hydrogens (primary N) is 1. The van der Waals surface area contributed by atoms with Crippen molar-refractivity contribution in [2.45, 2.75) is 25.8 Å². The van der Waals surface area contributed by atoms with Crippen LogP contribution in [0.15, 0.2) is 29.1 Å². The van der Waals surface area contributed by atoms with Crippen LogP contribution >= 0.6 is 0 Å². The lowest BCUT2D eigenvalue weighted by atomic mass is 9.91. The average molecular weight is 317 g/mol. The molecular weight excluding hydrogens is 297 g/mol. The van der Waals surface area contributed by atoms with Gasteiger partial charge >= 0.3 is 0 Å². The molecule has 0 spiro atoms. The smallest absolute Gasteiger partial charge is 0.255 e. The van der Waals surface area contributed by atoms with Crippen molar-refractivity contribution in [1.82, 2.24) is 9.88 Å². The van der Waals surface area contributed by atoms with Crippen LogP contribution in [0.5, 0.6) is 0 Å². The molecular formula is C17H20FN3O2. The molecule has 1 aromatic carbocycles. The van der Waals surface area contributed by atoms with Crippen molar-refractivity contribution in [3.63, 3.8) is 0 Å². The number of benzene rings is 1. The van der Waals surface area contributed by atoms with Crippen molar-refractivity contribution in [2.24, 2.45) is 11.7 Å². The Morgan fingerprint density at radius 2 is 2.22 bits per heavy atom. The van der Waals surface area contributed by atoms with Crippen LogP contribution < -0.4 is 11.3 Å². The molecule has 2 aromatic rings. The number of halogens is 1. The van der Waals surface area contributed by atoms with Crippen molar-refractivity contribution in [3.8, 4) is 0 Å². The summed E-state index contributed by atoms with van der Waals surface area (Å²) >= 11 is 0. The molecule has 0 saturated carbocycles. The number of carbonyl (C=O) groups is 1. The second-order valence-corrected chi connectivity index (χ2v) is 6.25. The van der Waals surface area contributed by atoms with Gasteiger partial charge in [0.05, 0.1) is 5.56 Å². The number of aromatic amines is 1. The molecule has 3 rings (SSSR count). The summed E-state index contributed by atoms with van der Waals surface area (Å²) in [6.07, 6.45) is 1.75. The van der Waals surface area contributed by atoms with Gasteiger partial charge in [-0.2, -0.15) is 0 Å². The van der Waals surface area contributed by atoms with Crippen LogP contribution in [0.2, 0.25) is 0 Å². The van der Waals surface area contributed by atoms with Gasteiger partial charge < -0.3 is 15.6 Å². The molecule has 1 aliphatic rings. The van der Waals surface area contributed by atoms with Gasteiger partial charge in [0.25, 0.3) is 5.91 Å². The van der Waals surface area contributed by atoms with Gasteiger partial charge in [0.15, 0.2) is 0 Å². The molecule has 1 saturated heterocycles. The van der Waals surface area contributed by atoms with Crippen LogP contribution in [0, 0.1) is 11.7 Å². The van der Waals surface area contributed by atoms with Crippen LogP contribution in [-0.4, -0.2) is 34.9 Å². The molecule has 1 amide bonds. The van der Waals surface area contributed by atoms with Gasteiger partial charge in [-0.3, -0.25) is 9.59 Å². The van der Waals surface area contributed by atoms with E-state index in [0.29, 0.717) is 29.9 Å². The normalized spacial score (nSPS) is 21.6. The first-order chi connectivity index (χ1) is 11.0. The highest BCUT2D eigenvalue weighted by Gasteiger charge is 2.30. The van der Waals surface area contributed by atoms with Gasteiger partial charge in [0, 0.05) is 36.1 Å². The molecule has 1 aliphatic heterocycles. The summed E-state index contributed by atoms with van der Waals surface area (Å²) in [5.74, 6) is -0.184. The minimum Gasteiger partial charge on any atom is -0.334 e. The minimum atomic E-state index is -0.443. The fourth-order valence-corrected chi connectivity index (χ4v) is 3.30. The molecule has 1 fully saturated rings. The highest BCUT2D eigenvalue weighted by molar-refractivity contribution is 6.06. The predicted octanol–water partition coefficient (Wildman–Crippen LogP) is 1.87. The van der Waals surface area contributed by atoms with Crippen molar-refractivity contribution in [1.29, 1.82) is 0 Å². The van der Waals surface area contributed by atoms with E-state index in [9.17, 15) is 14.0 Å². The summed E-state index contributed by atoms with van der Waals surface area (Å²) in [6.45, 7) is 3.12. The number of amides is 1. The van der Waals surface area contributed by atoms with E-state index in [1.54, 1.807) is 4.90 Å². The third kappa shape index (κ3) is 2.99. The summed E-state index contributed by atoms with van der Waals surface area (Å²) < 4.78 is 13.6. The van der Waals surface area contributed by atoms with E-state index >= 15 is 0 Å². The van der Waals surface area contributed by atoms with Crippen LogP contribution in [0.3, 0.4) is 0 Å². The van der Waals surface area contributed by atoms with E-state index < -0.39 is 5.82 Å². The van der Waals surface area contributed by atoms with Gasteiger partial charge in [0.1, 0.15) is 5.82 Å². The van der Waals surface area contributed by atoms with Gasteiger partial charge in [-0.15, -0.1) is 0 Å². The number of pyridine rings is 1. The maximum absolute atomic E-state index is 13.6. The predicted molar refractivity (Wildman–Crippen MR) is 86.8 cm³/mol. The molecule has 3 N–H and O–H groups in total. The van der Waals surface area contributed by atoms with E-state index in [2.05, 4.69) is 11.9 Å². The fourth-order valence-electron chi connectivity index (χ4n) is 3.30. The number of aromatic nitrogens is 1. The summed E-state index contributed by atoms with van der Waals surface area (Å²) in [4.78, 5) is 29.1. The average Bonchev–Trinajstić information content (AvgIpc) is 2.53. The highest BCUT2D eigenvalue weighted by Crippen LogP contribution is 2.25. The van der Waals surface area contributed by atoms with Crippen molar-refractivity contribution in [3.05, 3.63) is 46.0 Å². The first kappa shape index (κ1) is 15.7. The van der Waals surface area contributed by atoms with Crippen LogP contribution in [0.1, 0.15) is 30.1 Å². The number of fused-ring (bicyclic) bond motifs is 1. The Labute approximate surface area is 133 Å². The Kier molecular flexibility index (Phi) is 4.17. The lowest BCUT2D eigenvalue weighted by Gasteiger charge is -2.38. The number of rotatable bonds is 2. The number of carbonyl (C=O) groups excluding carboxylic acids is 1. The standard InChI is InChI=1S/C17H20FN3O2/c1-10-4-5-21(12(6-10)9-19)17(23)14-8-16(22)20-15-3-2-11(18)7-13(14)15/h2-3,7-8,10,12H,4-6,9,19H2,1H3,(H,20,22). The van der Waals surface area contributed by atoms with E-state index in [-0.39, 0.29) is 23.1 Å². The second-order valence-electron chi connectivity index (χ2n) is 6.25. The molecule has 6 heteroatoms. The lowest BCUT2D eigenvalue weighted by Crippen LogP contribution is -2.49. The Bertz CT molecular complexity index is 802. The molecule has 0 radical (unpaired) electrons. The molecule has 2 heterocycles. The fraction of sp³-hybridized carbons (Fsp3) is 0.412. The number of likely N-dealkylation sites (tertiary alicyclic amines) is 1. The first-order valence-electron chi connectivity index (χ1n) is 7.83. The van der Waals surface area contributed by atoms with E-state index in [4.69, 9.17) is 5.73 Å². The van der Waals surface area contributed by atoms with E-state index in [0.717, 1.165) is 12.8 Å². The number of nitrogens with zero attached hydrogens (tertiary/aromatic N) is 1. The van der Waals surface area contributed by atoms with Crippen LogP contribution in [0.25, 0.3) is 10.9 Å². The topological polar surface area (TPSA) is 79.2 Å². The Balaban J connectivity index is 2.06. The maximum Gasteiger partial charge on any atom is 0.255 e. The summed E-state index contributed by atoms with van der Waals surface area (Å²) in [6, 6.07) is 5.21. The number of nitrogens with one attached hydrogen (secondary N) is 1. The van der Waals surface area contributed by atoms with Gasteiger partial charge in [0.2, 0.25) is 5.56 Å². The monoisotopic (exact) mass is 317 g/mol. The third-order valence-corrected chi connectivity index (χ3v) is 4.55. The zero-order valence-electron chi connectivity index (χ0n) is 13.0. The maximum atomic E-state index is 13.6. The van der Waals surface area contributed by atoms with E-state index in [1.807, 2.05) is 0 Å². The third-order valence-electron chi connectivity index (χ3n) is 4.55. The van der Waals surface area contributed by atoms with Gasteiger partial charge in [-0.25, -0.2) is 4.39 Å². The highest BCUT2D eigenvalue weighted by atomic mass is 19.1. The lowest BCUT2D eigenvalue weighted by molar-refractivity contribution is 0.0575. The van der Waals surface area contributed by atoms with Gasteiger partial charge in [-0.1, -0.05) is 6.92 Å². The summed E-state index contributed by atoms with van der Waals surface area (Å²) in [7, 11) is 0. The molecule has 23 heavy (non-hydrogen) atoms. The Morgan fingerprint density at radius 1 is 1.43 bits per heavy atom. The Hall–Kier alpha value is -2.21. The zero-order chi connectivity index (χ0) is 16.6. The van der Waals surface area contributed by atoms with Crippen molar-refractivity contribution in [2.75, 3.05) is 13.1 Å². The van der Waals surface area contributed by atoms with Crippen molar-refractivity contribution >= 4 is 16.8 Å².